The van der Waals surface area contributed by atoms with Gasteiger partial charge in [0.1, 0.15) is 104 Å². The highest BCUT2D eigenvalue weighted by atomic mass is 16.8. The van der Waals surface area contributed by atoms with Crippen LogP contribution in [-0.2, 0) is 52.2 Å². The molecule has 10 aliphatic rings. The molecule has 10 fully saturated rings. The highest BCUT2D eigenvalue weighted by Crippen LogP contribution is 2.78. The van der Waals surface area contributed by atoms with Crippen molar-refractivity contribution >= 4 is 5.97 Å². The molecule has 10 rings (SSSR count). The summed E-state index contributed by atoms with van der Waals surface area (Å²) in [6.07, 6.45) is -31.6. The Morgan fingerprint density at radius 3 is 1.74 bits per heavy atom. The van der Waals surface area contributed by atoms with Crippen LogP contribution in [0.1, 0.15) is 113 Å². The van der Waals surface area contributed by atoms with E-state index in [4.69, 9.17) is 47.4 Å². The van der Waals surface area contributed by atoms with Crippen LogP contribution in [0.2, 0.25) is 0 Å². The Labute approximate surface area is 494 Å². The lowest BCUT2D eigenvalue weighted by molar-refractivity contribution is -0.366. The summed E-state index contributed by atoms with van der Waals surface area (Å²) in [5, 5.41) is 163. The first kappa shape index (κ1) is 66.2. The van der Waals surface area contributed by atoms with Crippen LogP contribution >= 0.6 is 0 Å². The average Bonchev–Trinajstić information content (AvgIpc) is 1.62. The molecule has 0 radical (unpaired) electrons. The highest BCUT2D eigenvalue weighted by molar-refractivity contribution is 5.78. The fourth-order valence-electron chi connectivity index (χ4n) is 18.4. The molecule has 0 spiro atoms. The smallest absolute Gasteiger partial charge is 0.314 e. The molecule has 3 unspecified atom stereocenters. The Hall–Kier alpha value is -1.75. The third-order valence-corrected chi connectivity index (χ3v) is 23.6. The molecule has 26 nitrogen and oxygen atoms in total. The number of aliphatic hydroxyl groups is 15. The molecule has 0 bridgehead atoms. The van der Waals surface area contributed by atoms with Crippen LogP contribution in [0.3, 0.4) is 0 Å². The number of carbonyl (C=O) groups is 1. The maximum Gasteiger partial charge on any atom is 0.314 e. The highest BCUT2D eigenvalue weighted by Gasteiger charge is 2.73. The van der Waals surface area contributed by atoms with E-state index in [2.05, 4.69) is 27.4 Å². The molecule has 26 heteroatoms. The van der Waals surface area contributed by atoms with Crippen molar-refractivity contribution in [2.24, 2.45) is 56.7 Å². The molecule has 5 aliphatic carbocycles. The molecular formula is C59H96O26. The zero-order valence-corrected chi connectivity index (χ0v) is 49.6. The number of ether oxygens (including phenoxy) is 10. The van der Waals surface area contributed by atoms with Gasteiger partial charge in [-0.15, -0.1) is 0 Å². The third-order valence-electron chi connectivity index (χ3n) is 23.6. The van der Waals surface area contributed by atoms with Crippen LogP contribution in [-0.4, -0.2) is 263 Å². The molecule has 0 aromatic carbocycles. The normalized spacial score (nSPS) is 56.3. The van der Waals surface area contributed by atoms with Crippen molar-refractivity contribution in [1.29, 1.82) is 0 Å². The Balaban J connectivity index is 0.820. The first-order valence-corrected chi connectivity index (χ1v) is 30.7. The minimum atomic E-state index is -1.90. The van der Waals surface area contributed by atoms with Gasteiger partial charge in [-0.05, 0) is 131 Å². The summed E-state index contributed by atoms with van der Waals surface area (Å²) in [5.74, 6) is -0.760. The zero-order chi connectivity index (χ0) is 61.9. The van der Waals surface area contributed by atoms with Crippen molar-refractivity contribution in [3.8, 4) is 0 Å². The first-order chi connectivity index (χ1) is 39.9. The molecule has 488 valence electrons. The Bertz CT molecular complexity index is 2340. The number of allylic oxidation sites excluding steroid dienone is 1. The largest absolute Gasteiger partial charge is 0.432 e. The van der Waals surface area contributed by atoms with Gasteiger partial charge in [0.15, 0.2) is 25.2 Å². The van der Waals surface area contributed by atoms with E-state index >= 15 is 4.79 Å². The van der Waals surface area contributed by atoms with Gasteiger partial charge in [0.25, 0.3) is 0 Å². The molecule has 15 N–H and O–H groups in total. The van der Waals surface area contributed by atoms with Gasteiger partial charge >= 0.3 is 5.97 Å². The predicted molar refractivity (Wildman–Crippen MR) is 288 cm³/mol. The van der Waals surface area contributed by atoms with E-state index in [-0.39, 0.29) is 59.0 Å². The number of aliphatic hydroxyl groups excluding tert-OH is 15. The summed E-state index contributed by atoms with van der Waals surface area (Å²) < 4.78 is 59.5. The predicted octanol–water partition coefficient (Wildman–Crippen LogP) is -2.69. The van der Waals surface area contributed by atoms with E-state index < -0.39 is 184 Å². The lowest BCUT2D eigenvalue weighted by Crippen LogP contribution is -2.68. The van der Waals surface area contributed by atoms with Crippen molar-refractivity contribution in [2.45, 2.75) is 266 Å². The number of hydrogen-bond acceptors (Lipinski definition) is 26. The number of carbonyl (C=O) groups excluding carboxylic acids is 1. The van der Waals surface area contributed by atoms with Gasteiger partial charge in [0.2, 0.25) is 6.29 Å². The van der Waals surface area contributed by atoms with Gasteiger partial charge in [0, 0.05) is 5.41 Å². The van der Waals surface area contributed by atoms with Gasteiger partial charge in [-0.3, -0.25) is 4.79 Å². The third kappa shape index (κ3) is 10.9. The van der Waals surface area contributed by atoms with Crippen LogP contribution in [0, 0.1) is 56.7 Å². The fraction of sp³-hybridized carbons (Fsp3) is 0.949. The number of esters is 1. The molecule has 0 aromatic rings. The van der Waals surface area contributed by atoms with Crippen molar-refractivity contribution in [1.82, 2.24) is 0 Å². The molecule has 5 heterocycles. The quantitative estimate of drug-likeness (QED) is 0.0478. The Morgan fingerprint density at radius 2 is 1.13 bits per heavy atom. The summed E-state index contributed by atoms with van der Waals surface area (Å²) in [6, 6.07) is 0. The Morgan fingerprint density at radius 1 is 0.541 bits per heavy atom. The first-order valence-electron chi connectivity index (χ1n) is 30.7. The fourth-order valence-corrected chi connectivity index (χ4v) is 18.4. The van der Waals surface area contributed by atoms with Crippen molar-refractivity contribution in [3.05, 3.63) is 12.2 Å². The van der Waals surface area contributed by atoms with E-state index in [1.165, 1.54) is 13.8 Å². The summed E-state index contributed by atoms with van der Waals surface area (Å²) in [5.41, 5.74) is -1.80. The van der Waals surface area contributed by atoms with E-state index in [0.717, 1.165) is 31.3 Å². The van der Waals surface area contributed by atoms with Gasteiger partial charge in [-0.2, -0.15) is 0 Å². The lowest BCUT2D eigenvalue weighted by atomic mass is 9.32. The summed E-state index contributed by atoms with van der Waals surface area (Å²) >= 11 is 0. The number of fused-ring (bicyclic) bond motifs is 7. The Kier molecular flexibility index (Phi) is 19.2. The van der Waals surface area contributed by atoms with Gasteiger partial charge in [0.05, 0.1) is 50.2 Å². The van der Waals surface area contributed by atoms with Crippen LogP contribution in [0.5, 0.6) is 0 Å². The van der Waals surface area contributed by atoms with Crippen molar-refractivity contribution < 1.29 is 129 Å². The monoisotopic (exact) mass is 1220 g/mol. The van der Waals surface area contributed by atoms with Gasteiger partial charge < -0.3 is 124 Å². The second kappa shape index (κ2) is 24.7. The van der Waals surface area contributed by atoms with E-state index in [1.807, 2.05) is 13.8 Å². The van der Waals surface area contributed by atoms with Crippen LogP contribution in [0.15, 0.2) is 12.2 Å². The number of rotatable bonds is 14. The lowest BCUT2D eigenvalue weighted by Gasteiger charge is -2.73. The van der Waals surface area contributed by atoms with E-state index in [9.17, 15) is 76.6 Å². The molecule has 85 heavy (non-hydrogen) atoms. The number of hydrogen-bond donors (Lipinski definition) is 15. The minimum Gasteiger partial charge on any atom is -0.432 e. The molecule has 35 atom stereocenters. The van der Waals surface area contributed by atoms with Gasteiger partial charge in [-0.1, -0.05) is 39.8 Å². The maximum absolute atomic E-state index is 15.2. The average molecular weight is 1220 g/mol. The van der Waals surface area contributed by atoms with E-state index in [1.54, 1.807) is 0 Å². The maximum atomic E-state index is 15.2. The van der Waals surface area contributed by atoms with Crippen molar-refractivity contribution in [2.75, 3.05) is 26.4 Å². The summed E-state index contributed by atoms with van der Waals surface area (Å²) in [6.45, 7) is 16.5. The van der Waals surface area contributed by atoms with Crippen molar-refractivity contribution in [3.63, 3.8) is 0 Å². The molecule has 0 amide bonds. The molecule has 5 saturated carbocycles. The second-order valence-electron chi connectivity index (χ2n) is 28.0. The second-order valence-corrected chi connectivity index (χ2v) is 28.0. The summed E-state index contributed by atoms with van der Waals surface area (Å²) in [7, 11) is 0. The molecule has 5 aliphatic heterocycles. The molecule has 5 saturated heterocycles. The SMILES string of the molecule is C=C(C)C1CC[C@]2(C(=O)O[C@@H]3O[C@H](CO[C@@H]4O[C@H](CO)[C@@H](O[C@@H]5O[C@@H](C)[C@H](O)[C@@H](O)[C@H]5O)[C@H](O)[C@H]4O)[C@@H](O)[C@H](O)[C@H]3O)CC[C@]3(C)C(CC[C@@H]4[C@@]5(C)CC[C@H](OC6OC[C@H](O)[C@H](O)[C@H]6O[C@@H]6O[C@@H](C)[C@H](O)[C@@H](O)[C@H]6O)[C@@](C)(CO)[C@@H]5CC[C@]43C)[C@@H]12. The summed E-state index contributed by atoms with van der Waals surface area (Å²) in [4.78, 5) is 15.2. The minimum absolute atomic E-state index is 0.0172. The van der Waals surface area contributed by atoms with E-state index in [0.29, 0.717) is 38.5 Å². The molecule has 0 aromatic heterocycles. The van der Waals surface area contributed by atoms with Gasteiger partial charge in [-0.25, -0.2) is 0 Å². The van der Waals surface area contributed by atoms with Crippen LogP contribution < -0.4 is 0 Å². The zero-order valence-electron chi connectivity index (χ0n) is 49.6. The molecular weight excluding hydrogens is 1120 g/mol. The topological polar surface area (TPSA) is 413 Å². The van der Waals surface area contributed by atoms with Crippen LogP contribution in [0.4, 0.5) is 0 Å². The van der Waals surface area contributed by atoms with Crippen LogP contribution in [0.25, 0.3) is 0 Å². The standard InChI is InChI=1S/C59H96O26/c1-23(2)26-11-16-59(54(75)85-52-45(73)41(69)38(66)30(81-52)21-77-49-46(74)42(70)47(29(19-60)80-49)83-50-43(71)39(67)35(63)24(3)78-50)18-17-57(7)27(34(26)59)9-10-32-55(5)14-13-33(56(6,22-61)31(55)12-15-58(32,57)8)82-53-48(37(65)28(62)20-76-53)84-51-44(72)40(68)36(64)25(4)79-51/h24-53,60-74H,1,9-22H2,2-8H3/t24-,25-,26?,27?,28-,29+,30+,31+,32+,33-,34+,35-,36-,37-,38+,39+,40+,41-,42+,43+,44+,45+,46+,47+,48+,49+,50-,51-,52-,53?,55-,56-,57+,58+,59-/m0/s1.